The summed E-state index contributed by atoms with van der Waals surface area (Å²) in [6.45, 7) is 3.15. The van der Waals surface area contributed by atoms with Gasteiger partial charge in [0.2, 0.25) is 0 Å². The standard InChI is InChI=1S/C6H14NO/c1-2-3-4-6(7)5-8/h5-6,8H,2-4,7H2,1H3. The molecule has 0 aromatic carbocycles. The minimum atomic E-state index is -0.116. The molecule has 1 radical (unpaired) electrons. The summed E-state index contributed by atoms with van der Waals surface area (Å²) in [5, 5.41) is 8.31. The number of hydrogen-bond acceptors (Lipinski definition) is 2. The molecule has 0 amide bonds. The molecular weight excluding hydrogens is 102 g/mol. The van der Waals surface area contributed by atoms with Gasteiger partial charge in [0.15, 0.2) is 0 Å². The zero-order chi connectivity index (χ0) is 6.41. The van der Waals surface area contributed by atoms with Gasteiger partial charge in [0.25, 0.3) is 0 Å². The maximum absolute atomic E-state index is 8.31. The molecule has 0 aromatic rings. The second kappa shape index (κ2) is 5.06. The molecule has 0 spiro atoms. The van der Waals surface area contributed by atoms with E-state index in [1.807, 2.05) is 0 Å². The molecule has 0 bridgehead atoms. The van der Waals surface area contributed by atoms with Gasteiger partial charge in [0.1, 0.15) is 0 Å². The van der Waals surface area contributed by atoms with E-state index in [4.69, 9.17) is 10.8 Å². The molecule has 2 nitrogen and oxygen atoms in total. The van der Waals surface area contributed by atoms with Crippen molar-refractivity contribution in [3.05, 3.63) is 6.61 Å². The third-order valence-corrected chi connectivity index (χ3v) is 1.08. The van der Waals surface area contributed by atoms with Crippen molar-refractivity contribution >= 4 is 0 Å². The van der Waals surface area contributed by atoms with Gasteiger partial charge >= 0.3 is 0 Å². The second-order valence-corrected chi connectivity index (χ2v) is 1.96. The van der Waals surface area contributed by atoms with Crippen LogP contribution in [0.5, 0.6) is 0 Å². The Hall–Kier alpha value is -0.0800. The smallest absolute Gasteiger partial charge is 0.0964 e. The van der Waals surface area contributed by atoms with E-state index in [1.165, 1.54) is 0 Å². The molecule has 0 aliphatic carbocycles. The van der Waals surface area contributed by atoms with Crippen LogP contribution in [0.1, 0.15) is 26.2 Å². The predicted molar refractivity (Wildman–Crippen MR) is 33.7 cm³/mol. The van der Waals surface area contributed by atoms with Gasteiger partial charge in [-0.25, -0.2) is 0 Å². The SMILES string of the molecule is CCCCC(N)[CH]O. The zero-order valence-corrected chi connectivity index (χ0v) is 5.30. The predicted octanol–water partition coefficient (Wildman–Crippen LogP) is 1.04. The fourth-order valence-corrected chi connectivity index (χ4v) is 0.514. The van der Waals surface area contributed by atoms with E-state index in [0.29, 0.717) is 0 Å². The average molecular weight is 116 g/mol. The van der Waals surface area contributed by atoms with Crippen molar-refractivity contribution in [1.29, 1.82) is 0 Å². The van der Waals surface area contributed by atoms with Gasteiger partial charge < -0.3 is 10.8 Å². The fraction of sp³-hybridized carbons (Fsp3) is 0.833. The van der Waals surface area contributed by atoms with E-state index >= 15 is 0 Å². The highest BCUT2D eigenvalue weighted by Gasteiger charge is 1.96. The largest absolute Gasteiger partial charge is 0.389 e. The number of aliphatic hydroxyl groups excluding tert-OH is 1. The lowest BCUT2D eigenvalue weighted by atomic mass is 10.1. The summed E-state index contributed by atoms with van der Waals surface area (Å²) < 4.78 is 0. The number of nitrogens with two attached hydrogens (primary N) is 1. The minimum absolute atomic E-state index is 0.116. The molecule has 8 heavy (non-hydrogen) atoms. The third-order valence-electron chi connectivity index (χ3n) is 1.08. The van der Waals surface area contributed by atoms with Gasteiger partial charge in [-0.15, -0.1) is 0 Å². The van der Waals surface area contributed by atoms with Crippen LogP contribution in [-0.2, 0) is 0 Å². The van der Waals surface area contributed by atoms with Crippen molar-refractivity contribution in [3.63, 3.8) is 0 Å². The van der Waals surface area contributed by atoms with Crippen LogP contribution in [0.25, 0.3) is 0 Å². The summed E-state index contributed by atoms with van der Waals surface area (Å²) in [5.74, 6) is 0. The molecule has 0 saturated carbocycles. The Labute approximate surface area is 50.7 Å². The highest BCUT2D eigenvalue weighted by atomic mass is 16.3. The Bertz CT molecular complexity index is 47.8. The fourth-order valence-electron chi connectivity index (χ4n) is 0.514. The van der Waals surface area contributed by atoms with Crippen molar-refractivity contribution < 1.29 is 5.11 Å². The quantitative estimate of drug-likeness (QED) is 0.576. The van der Waals surface area contributed by atoms with Gasteiger partial charge in [0, 0.05) is 6.04 Å². The molecular formula is C6H14NO. The lowest BCUT2D eigenvalue weighted by molar-refractivity contribution is 0.342. The molecule has 0 heterocycles. The van der Waals surface area contributed by atoms with Crippen LogP contribution in [0.15, 0.2) is 0 Å². The molecule has 1 unspecified atom stereocenters. The highest BCUT2D eigenvalue weighted by molar-refractivity contribution is 4.67. The number of unbranched alkanes of at least 4 members (excludes halogenated alkanes) is 1. The molecule has 0 fully saturated rings. The van der Waals surface area contributed by atoms with Crippen LogP contribution in [0.2, 0.25) is 0 Å². The Morgan fingerprint density at radius 3 is 2.75 bits per heavy atom. The van der Waals surface area contributed by atoms with E-state index in [9.17, 15) is 0 Å². The van der Waals surface area contributed by atoms with E-state index < -0.39 is 0 Å². The van der Waals surface area contributed by atoms with Crippen molar-refractivity contribution in [1.82, 2.24) is 0 Å². The first-order valence-corrected chi connectivity index (χ1v) is 3.04. The summed E-state index contributed by atoms with van der Waals surface area (Å²) >= 11 is 0. The van der Waals surface area contributed by atoms with E-state index in [-0.39, 0.29) is 6.04 Å². The topological polar surface area (TPSA) is 46.2 Å². The first-order valence-electron chi connectivity index (χ1n) is 3.04. The van der Waals surface area contributed by atoms with Crippen LogP contribution < -0.4 is 5.73 Å². The van der Waals surface area contributed by atoms with Crippen LogP contribution in [0, 0.1) is 6.61 Å². The molecule has 2 heteroatoms. The van der Waals surface area contributed by atoms with Crippen molar-refractivity contribution in [2.45, 2.75) is 32.2 Å². The molecule has 0 rings (SSSR count). The minimum Gasteiger partial charge on any atom is -0.389 e. The number of aliphatic hydroxyl groups is 1. The third kappa shape index (κ3) is 4.09. The highest BCUT2D eigenvalue weighted by Crippen LogP contribution is 1.97. The normalized spacial score (nSPS) is 13.9. The molecule has 0 saturated heterocycles. The summed E-state index contributed by atoms with van der Waals surface area (Å²) in [6, 6.07) is -0.116. The van der Waals surface area contributed by atoms with Crippen LogP contribution in [-0.4, -0.2) is 11.1 Å². The average Bonchev–Trinajstić information content (AvgIpc) is 1.83. The van der Waals surface area contributed by atoms with Crippen LogP contribution >= 0.6 is 0 Å². The Kier molecular flexibility index (Phi) is 5.01. The van der Waals surface area contributed by atoms with Gasteiger partial charge in [0.05, 0.1) is 6.61 Å². The van der Waals surface area contributed by atoms with Gasteiger partial charge in [-0.2, -0.15) is 0 Å². The first kappa shape index (κ1) is 7.92. The van der Waals surface area contributed by atoms with E-state index in [1.54, 1.807) is 0 Å². The Balaban J connectivity index is 2.86. The number of hydrogen-bond donors (Lipinski definition) is 2. The summed E-state index contributed by atoms with van der Waals surface area (Å²) in [4.78, 5) is 0. The van der Waals surface area contributed by atoms with E-state index in [2.05, 4.69) is 6.92 Å². The maximum Gasteiger partial charge on any atom is 0.0964 e. The van der Waals surface area contributed by atoms with E-state index in [0.717, 1.165) is 25.9 Å². The maximum atomic E-state index is 8.31. The van der Waals surface area contributed by atoms with Crippen molar-refractivity contribution in [2.75, 3.05) is 0 Å². The summed E-state index contributed by atoms with van der Waals surface area (Å²) in [7, 11) is 0. The zero-order valence-electron chi connectivity index (χ0n) is 5.30. The molecule has 0 aromatic heterocycles. The lowest BCUT2D eigenvalue weighted by Gasteiger charge is -2.03. The van der Waals surface area contributed by atoms with Gasteiger partial charge in [-0.05, 0) is 6.42 Å². The van der Waals surface area contributed by atoms with Crippen LogP contribution in [0.4, 0.5) is 0 Å². The van der Waals surface area contributed by atoms with Crippen molar-refractivity contribution in [3.8, 4) is 0 Å². The first-order chi connectivity index (χ1) is 3.81. The molecule has 3 N–H and O–H groups in total. The molecule has 1 atom stereocenters. The molecule has 0 aliphatic heterocycles. The molecule has 49 valence electrons. The summed E-state index contributed by atoms with van der Waals surface area (Å²) in [5.41, 5.74) is 5.35. The lowest BCUT2D eigenvalue weighted by Crippen LogP contribution is -2.19. The Morgan fingerprint density at radius 1 is 1.75 bits per heavy atom. The van der Waals surface area contributed by atoms with Crippen molar-refractivity contribution in [2.24, 2.45) is 5.73 Å². The second-order valence-electron chi connectivity index (χ2n) is 1.96. The monoisotopic (exact) mass is 116 g/mol. The number of rotatable bonds is 4. The molecule has 0 aliphatic rings. The Morgan fingerprint density at radius 2 is 2.38 bits per heavy atom. The van der Waals surface area contributed by atoms with Gasteiger partial charge in [-0.1, -0.05) is 19.8 Å². The van der Waals surface area contributed by atoms with Crippen LogP contribution in [0.3, 0.4) is 0 Å². The van der Waals surface area contributed by atoms with Gasteiger partial charge in [-0.3, -0.25) is 0 Å². The summed E-state index contributed by atoms with van der Waals surface area (Å²) in [6.07, 6.45) is 3.13.